The van der Waals surface area contributed by atoms with E-state index in [0.717, 1.165) is 0 Å². The predicted octanol–water partition coefficient (Wildman–Crippen LogP) is 3.78. The van der Waals surface area contributed by atoms with Crippen LogP contribution in [0.1, 0.15) is 38.1 Å². The van der Waals surface area contributed by atoms with Gasteiger partial charge in [-0.05, 0) is 27.7 Å². The molecule has 0 radical (unpaired) electrons. The summed E-state index contributed by atoms with van der Waals surface area (Å²) >= 11 is 0. The molecular formula is C15H17F3O3. The number of benzene rings is 1. The fourth-order valence-electron chi connectivity index (χ4n) is 1.60. The fraction of sp³-hybridized carbons (Fsp3) is 0.467. The van der Waals surface area contributed by atoms with Crippen LogP contribution in [-0.4, -0.2) is 23.5 Å². The van der Waals surface area contributed by atoms with Gasteiger partial charge in [0.05, 0.1) is 0 Å². The number of ether oxygens (including phenoxy) is 1. The van der Waals surface area contributed by atoms with Crippen LogP contribution in [-0.2, 0) is 9.53 Å². The van der Waals surface area contributed by atoms with Crippen molar-refractivity contribution in [3.63, 3.8) is 0 Å². The highest BCUT2D eigenvalue weighted by Gasteiger charge is 2.63. The molecule has 116 valence electrons. The van der Waals surface area contributed by atoms with Gasteiger partial charge in [-0.2, -0.15) is 13.2 Å². The minimum Gasteiger partial charge on any atom is -0.459 e. The molecule has 0 aliphatic rings. The molecule has 0 bridgehead atoms. The van der Waals surface area contributed by atoms with Crippen molar-refractivity contribution in [3.8, 4) is 0 Å². The van der Waals surface area contributed by atoms with Gasteiger partial charge in [0.15, 0.2) is 5.78 Å². The fourth-order valence-corrected chi connectivity index (χ4v) is 1.60. The summed E-state index contributed by atoms with van der Waals surface area (Å²) in [5.74, 6) is -2.93. The van der Waals surface area contributed by atoms with Crippen LogP contribution in [0, 0.1) is 5.41 Å². The number of hydrogen-bond donors (Lipinski definition) is 0. The average molecular weight is 302 g/mol. The molecule has 0 aliphatic carbocycles. The molecule has 3 nitrogen and oxygen atoms in total. The molecule has 0 spiro atoms. The van der Waals surface area contributed by atoms with Crippen molar-refractivity contribution < 1.29 is 27.5 Å². The quantitative estimate of drug-likeness (QED) is 0.485. The number of carbonyl (C=O) groups excluding carboxylic acids is 2. The second-order valence-electron chi connectivity index (χ2n) is 5.82. The van der Waals surface area contributed by atoms with Crippen molar-refractivity contribution in [2.24, 2.45) is 5.41 Å². The van der Waals surface area contributed by atoms with Gasteiger partial charge >= 0.3 is 12.1 Å². The van der Waals surface area contributed by atoms with Crippen LogP contribution in [0.5, 0.6) is 0 Å². The Hall–Kier alpha value is -1.85. The molecule has 6 heteroatoms. The largest absolute Gasteiger partial charge is 0.459 e. The number of rotatable bonds is 3. The summed E-state index contributed by atoms with van der Waals surface area (Å²) in [6, 6.07) is 6.89. The lowest BCUT2D eigenvalue weighted by Gasteiger charge is -2.31. The Morgan fingerprint density at radius 3 is 1.81 bits per heavy atom. The summed E-state index contributed by atoms with van der Waals surface area (Å²) in [7, 11) is 0. The molecule has 0 aliphatic heterocycles. The van der Waals surface area contributed by atoms with Crippen LogP contribution < -0.4 is 0 Å². The molecule has 0 fully saturated rings. The highest BCUT2D eigenvalue weighted by Crippen LogP contribution is 2.42. The summed E-state index contributed by atoms with van der Waals surface area (Å²) in [6.45, 7) is 4.87. The Labute approximate surface area is 121 Å². The third-order valence-corrected chi connectivity index (χ3v) is 2.86. The molecule has 1 aromatic carbocycles. The van der Waals surface area contributed by atoms with E-state index < -0.39 is 28.9 Å². The Morgan fingerprint density at radius 2 is 1.43 bits per heavy atom. The van der Waals surface area contributed by atoms with Crippen molar-refractivity contribution in [2.45, 2.75) is 39.5 Å². The minimum atomic E-state index is -5.05. The second-order valence-corrected chi connectivity index (χ2v) is 5.82. The van der Waals surface area contributed by atoms with E-state index in [1.807, 2.05) is 0 Å². The molecular weight excluding hydrogens is 285 g/mol. The molecule has 1 atom stereocenters. The highest BCUT2D eigenvalue weighted by molar-refractivity contribution is 6.13. The van der Waals surface area contributed by atoms with Gasteiger partial charge in [-0.1, -0.05) is 30.3 Å². The van der Waals surface area contributed by atoms with Crippen LogP contribution >= 0.6 is 0 Å². The van der Waals surface area contributed by atoms with Gasteiger partial charge in [-0.25, -0.2) is 0 Å². The zero-order chi connectivity index (χ0) is 16.5. The lowest BCUT2D eigenvalue weighted by molar-refractivity contribution is -0.220. The smallest absolute Gasteiger partial charge is 0.411 e. The first-order valence-electron chi connectivity index (χ1n) is 6.29. The number of hydrogen-bond acceptors (Lipinski definition) is 3. The standard InChI is InChI=1S/C15H17F3O3/c1-13(2,3)21-12(20)14(4,15(16,17)18)11(19)10-8-6-5-7-9-10/h5-9H,1-4H3. The van der Waals surface area contributed by atoms with Gasteiger partial charge in [0.25, 0.3) is 0 Å². The molecule has 21 heavy (non-hydrogen) atoms. The van der Waals surface area contributed by atoms with Crippen molar-refractivity contribution in [1.29, 1.82) is 0 Å². The van der Waals surface area contributed by atoms with Gasteiger partial charge in [-0.3, -0.25) is 9.59 Å². The van der Waals surface area contributed by atoms with Crippen LogP contribution in [0.15, 0.2) is 30.3 Å². The Morgan fingerprint density at radius 1 is 0.952 bits per heavy atom. The van der Waals surface area contributed by atoms with E-state index in [-0.39, 0.29) is 5.56 Å². The van der Waals surface area contributed by atoms with Crippen molar-refractivity contribution in [2.75, 3.05) is 0 Å². The van der Waals surface area contributed by atoms with E-state index in [4.69, 9.17) is 4.74 Å². The minimum absolute atomic E-state index is 0.191. The third kappa shape index (κ3) is 3.62. The van der Waals surface area contributed by atoms with Gasteiger partial charge in [0, 0.05) is 5.56 Å². The van der Waals surface area contributed by atoms with Crippen LogP contribution in [0.3, 0.4) is 0 Å². The van der Waals surface area contributed by atoms with Gasteiger partial charge < -0.3 is 4.74 Å². The average Bonchev–Trinajstić information content (AvgIpc) is 2.34. The molecule has 1 unspecified atom stereocenters. The van der Waals surface area contributed by atoms with Crippen molar-refractivity contribution >= 4 is 11.8 Å². The van der Waals surface area contributed by atoms with Gasteiger partial charge in [0.1, 0.15) is 5.60 Å². The summed E-state index contributed by atoms with van der Waals surface area (Å²) in [5.41, 5.74) is -4.55. The zero-order valence-electron chi connectivity index (χ0n) is 12.2. The summed E-state index contributed by atoms with van der Waals surface area (Å²) in [5, 5.41) is 0. The van der Waals surface area contributed by atoms with E-state index in [1.54, 1.807) is 6.07 Å². The lowest BCUT2D eigenvalue weighted by atomic mass is 9.81. The maximum Gasteiger partial charge on any atom is 0.411 e. The Bertz CT molecular complexity index is 529. The summed E-state index contributed by atoms with van der Waals surface area (Å²) in [6.07, 6.45) is -5.05. The van der Waals surface area contributed by atoms with E-state index >= 15 is 0 Å². The van der Waals surface area contributed by atoms with E-state index in [2.05, 4.69) is 0 Å². The summed E-state index contributed by atoms with van der Waals surface area (Å²) < 4.78 is 44.8. The van der Waals surface area contributed by atoms with Crippen LogP contribution in [0.2, 0.25) is 0 Å². The maximum atomic E-state index is 13.3. The molecule has 0 saturated carbocycles. The number of esters is 1. The lowest BCUT2D eigenvalue weighted by Crippen LogP contribution is -2.51. The van der Waals surface area contributed by atoms with E-state index in [0.29, 0.717) is 6.92 Å². The van der Waals surface area contributed by atoms with Crippen molar-refractivity contribution in [1.82, 2.24) is 0 Å². The first-order valence-corrected chi connectivity index (χ1v) is 6.29. The Kier molecular flexibility index (Phi) is 4.51. The molecule has 1 aromatic rings. The molecule has 0 saturated heterocycles. The molecule has 1 rings (SSSR count). The van der Waals surface area contributed by atoms with Crippen molar-refractivity contribution in [3.05, 3.63) is 35.9 Å². The zero-order valence-corrected chi connectivity index (χ0v) is 12.2. The molecule has 0 N–H and O–H groups in total. The highest BCUT2D eigenvalue weighted by atomic mass is 19.4. The monoisotopic (exact) mass is 302 g/mol. The first-order chi connectivity index (χ1) is 9.39. The van der Waals surface area contributed by atoms with Gasteiger partial charge in [0.2, 0.25) is 5.41 Å². The summed E-state index contributed by atoms with van der Waals surface area (Å²) in [4.78, 5) is 24.2. The second kappa shape index (κ2) is 5.50. The molecule has 0 aromatic heterocycles. The maximum absolute atomic E-state index is 13.3. The SMILES string of the molecule is CC(C)(C)OC(=O)C(C)(C(=O)c1ccccc1)C(F)(F)F. The number of Topliss-reactive ketones (excluding diaryl/α,β-unsaturated/α-hetero) is 1. The number of carbonyl (C=O) groups is 2. The number of halogens is 3. The first kappa shape index (κ1) is 17.2. The van der Waals surface area contributed by atoms with E-state index in [9.17, 15) is 22.8 Å². The third-order valence-electron chi connectivity index (χ3n) is 2.86. The molecule has 0 amide bonds. The normalized spacial score (nSPS) is 15.2. The predicted molar refractivity (Wildman–Crippen MR) is 70.8 cm³/mol. The van der Waals surface area contributed by atoms with Crippen LogP contribution in [0.4, 0.5) is 13.2 Å². The Balaban J connectivity index is 3.29. The van der Waals surface area contributed by atoms with Crippen LogP contribution in [0.25, 0.3) is 0 Å². The number of ketones is 1. The topological polar surface area (TPSA) is 43.4 Å². The van der Waals surface area contributed by atoms with E-state index in [1.165, 1.54) is 45.0 Å². The number of alkyl halides is 3. The molecule has 0 heterocycles. The van der Waals surface area contributed by atoms with Gasteiger partial charge in [-0.15, -0.1) is 0 Å².